The summed E-state index contributed by atoms with van der Waals surface area (Å²) < 4.78 is 0. The summed E-state index contributed by atoms with van der Waals surface area (Å²) in [5.41, 5.74) is 10.7. The number of benzene rings is 1. The van der Waals surface area contributed by atoms with Gasteiger partial charge in [-0.2, -0.15) is 0 Å². The van der Waals surface area contributed by atoms with E-state index in [9.17, 15) is 0 Å². The zero-order chi connectivity index (χ0) is 13.2. The van der Waals surface area contributed by atoms with Gasteiger partial charge in [-0.1, -0.05) is 12.1 Å². The highest BCUT2D eigenvalue weighted by Crippen LogP contribution is 2.26. The fourth-order valence-electron chi connectivity index (χ4n) is 1.95. The smallest absolute Gasteiger partial charge is 0.0901 e. The molecule has 3 aromatic rings. The van der Waals surface area contributed by atoms with Crippen molar-refractivity contribution >= 4 is 17.0 Å². The van der Waals surface area contributed by atoms with Gasteiger partial charge in [0.2, 0.25) is 0 Å². The number of hydrogen-bond acceptors (Lipinski definition) is 4. The van der Waals surface area contributed by atoms with Crippen molar-refractivity contribution in [2.24, 2.45) is 0 Å². The van der Waals surface area contributed by atoms with Gasteiger partial charge < -0.3 is 5.73 Å². The lowest BCUT2D eigenvalue weighted by molar-refractivity contribution is 1.27. The molecule has 0 fully saturated rings. The van der Waals surface area contributed by atoms with E-state index >= 15 is 0 Å². The molecular formula is C15H13N3S. The highest BCUT2D eigenvalue weighted by Gasteiger charge is 2.05. The summed E-state index contributed by atoms with van der Waals surface area (Å²) >= 11 is 1.64. The largest absolute Gasteiger partial charge is 0.399 e. The number of pyridine rings is 1. The van der Waals surface area contributed by atoms with E-state index in [1.54, 1.807) is 11.3 Å². The van der Waals surface area contributed by atoms with Gasteiger partial charge in [0.1, 0.15) is 0 Å². The molecule has 0 bridgehead atoms. The molecule has 2 N–H and O–H groups in total. The third-order valence-corrected chi connectivity index (χ3v) is 3.65. The van der Waals surface area contributed by atoms with Crippen LogP contribution in [0.3, 0.4) is 0 Å². The Bertz CT molecular complexity index is 719. The molecule has 3 rings (SSSR count). The maximum Gasteiger partial charge on any atom is 0.0901 e. The molecule has 4 heteroatoms. The number of nitrogen functional groups attached to an aromatic ring is 1. The van der Waals surface area contributed by atoms with Gasteiger partial charge in [-0.05, 0) is 30.7 Å². The van der Waals surface area contributed by atoms with E-state index in [1.165, 1.54) is 0 Å². The first-order chi connectivity index (χ1) is 9.22. The molecule has 2 heterocycles. The second-order valence-corrected chi connectivity index (χ2v) is 5.40. The van der Waals surface area contributed by atoms with Crippen LogP contribution in [-0.2, 0) is 0 Å². The third kappa shape index (κ3) is 2.48. The summed E-state index contributed by atoms with van der Waals surface area (Å²) in [7, 11) is 0. The van der Waals surface area contributed by atoms with Crippen molar-refractivity contribution in [3.63, 3.8) is 0 Å². The fraction of sp³-hybridized carbons (Fsp3) is 0.0667. The quantitative estimate of drug-likeness (QED) is 0.719. The van der Waals surface area contributed by atoms with Crippen molar-refractivity contribution in [2.75, 3.05) is 5.73 Å². The summed E-state index contributed by atoms with van der Waals surface area (Å²) in [4.78, 5) is 8.79. The highest BCUT2D eigenvalue weighted by molar-refractivity contribution is 7.09. The summed E-state index contributed by atoms with van der Waals surface area (Å²) in [5, 5.41) is 3.11. The zero-order valence-electron chi connectivity index (χ0n) is 10.5. The van der Waals surface area contributed by atoms with Crippen LogP contribution in [0.1, 0.15) is 5.01 Å². The molecule has 0 spiro atoms. The molecule has 0 aliphatic heterocycles. The van der Waals surface area contributed by atoms with Gasteiger partial charge >= 0.3 is 0 Å². The first-order valence-corrected chi connectivity index (χ1v) is 6.84. The van der Waals surface area contributed by atoms with Gasteiger partial charge in [-0.3, -0.25) is 4.98 Å². The molecule has 0 aliphatic carbocycles. The van der Waals surface area contributed by atoms with Crippen LogP contribution in [0, 0.1) is 6.92 Å². The molecule has 0 unspecified atom stereocenters. The monoisotopic (exact) mass is 267 g/mol. The van der Waals surface area contributed by atoms with Crippen LogP contribution in [0.15, 0.2) is 48.1 Å². The fourth-order valence-corrected chi connectivity index (χ4v) is 2.57. The number of thiazole rings is 1. The van der Waals surface area contributed by atoms with E-state index in [1.807, 2.05) is 43.6 Å². The average molecular weight is 267 g/mol. The van der Waals surface area contributed by atoms with Crippen molar-refractivity contribution in [2.45, 2.75) is 6.92 Å². The minimum atomic E-state index is 0.757. The van der Waals surface area contributed by atoms with Crippen molar-refractivity contribution in [3.8, 4) is 22.4 Å². The molecular weight excluding hydrogens is 254 g/mol. The molecule has 3 nitrogen and oxygen atoms in total. The van der Waals surface area contributed by atoms with E-state index < -0.39 is 0 Å². The Morgan fingerprint density at radius 2 is 1.89 bits per heavy atom. The third-order valence-electron chi connectivity index (χ3n) is 2.87. The van der Waals surface area contributed by atoms with Gasteiger partial charge in [0.25, 0.3) is 0 Å². The molecule has 2 aromatic heterocycles. The lowest BCUT2D eigenvalue weighted by atomic mass is 10.0. The van der Waals surface area contributed by atoms with Crippen molar-refractivity contribution < 1.29 is 0 Å². The van der Waals surface area contributed by atoms with Gasteiger partial charge in [0, 0.05) is 34.6 Å². The second kappa shape index (κ2) is 4.82. The van der Waals surface area contributed by atoms with Crippen LogP contribution >= 0.6 is 11.3 Å². The molecule has 0 amide bonds. The van der Waals surface area contributed by atoms with Gasteiger partial charge in [0.05, 0.1) is 10.7 Å². The lowest BCUT2D eigenvalue weighted by Crippen LogP contribution is -1.87. The van der Waals surface area contributed by atoms with Crippen LogP contribution in [-0.4, -0.2) is 9.97 Å². The number of nitrogens with zero attached hydrogens (tertiary/aromatic N) is 2. The summed E-state index contributed by atoms with van der Waals surface area (Å²) in [6, 6.07) is 9.90. The topological polar surface area (TPSA) is 51.8 Å². The molecule has 0 aliphatic rings. The summed E-state index contributed by atoms with van der Waals surface area (Å²) in [5.74, 6) is 0. The van der Waals surface area contributed by atoms with Crippen LogP contribution < -0.4 is 5.73 Å². The van der Waals surface area contributed by atoms with Crippen LogP contribution in [0.2, 0.25) is 0 Å². The Morgan fingerprint density at radius 1 is 1.05 bits per heavy atom. The minimum absolute atomic E-state index is 0.757. The Balaban J connectivity index is 2.05. The maximum atomic E-state index is 5.82. The second-order valence-electron chi connectivity index (χ2n) is 4.34. The van der Waals surface area contributed by atoms with E-state index in [0.717, 1.165) is 33.1 Å². The first kappa shape index (κ1) is 11.9. The first-order valence-electron chi connectivity index (χ1n) is 5.96. The standard InChI is InChI=1S/C15H13N3S/c1-10-18-15(9-19-10)13-5-12(7-17-8-13)11-3-2-4-14(16)6-11/h2-9H,16H2,1H3. The molecule has 1 aromatic carbocycles. The zero-order valence-corrected chi connectivity index (χ0v) is 11.3. The van der Waals surface area contributed by atoms with E-state index in [4.69, 9.17) is 5.73 Å². The van der Waals surface area contributed by atoms with Crippen molar-refractivity contribution in [1.29, 1.82) is 0 Å². The Morgan fingerprint density at radius 3 is 2.63 bits per heavy atom. The van der Waals surface area contributed by atoms with Crippen molar-refractivity contribution in [3.05, 3.63) is 53.1 Å². The summed E-state index contributed by atoms with van der Waals surface area (Å²) in [6.07, 6.45) is 3.68. The SMILES string of the molecule is Cc1nc(-c2cncc(-c3cccc(N)c3)c2)cs1. The Kier molecular flexibility index (Phi) is 3.01. The van der Waals surface area contributed by atoms with Gasteiger partial charge in [-0.15, -0.1) is 11.3 Å². The number of hydrogen-bond donors (Lipinski definition) is 1. The molecule has 0 saturated heterocycles. The molecule has 0 atom stereocenters. The average Bonchev–Trinajstić information content (AvgIpc) is 2.86. The number of rotatable bonds is 2. The minimum Gasteiger partial charge on any atom is -0.399 e. The molecule has 19 heavy (non-hydrogen) atoms. The summed E-state index contributed by atoms with van der Waals surface area (Å²) in [6.45, 7) is 2.00. The van der Waals surface area contributed by atoms with E-state index in [0.29, 0.717) is 0 Å². The highest BCUT2D eigenvalue weighted by atomic mass is 32.1. The number of aryl methyl sites for hydroxylation is 1. The number of aromatic nitrogens is 2. The van der Waals surface area contributed by atoms with Crippen LogP contribution in [0.25, 0.3) is 22.4 Å². The van der Waals surface area contributed by atoms with Gasteiger partial charge in [-0.25, -0.2) is 4.98 Å². The number of nitrogens with two attached hydrogens (primary N) is 1. The Labute approximate surface area is 115 Å². The van der Waals surface area contributed by atoms with Gasteiger partial charge in [0.15, 0.2) is 0 Å². The molecule has 94 valence electrons. The maximum absolute atomic E-state index is 5.82. The van der Waals surface area contributed by atoms with E-state index in [-0.39, 0.29) is 0 Å². The number of anilines is 1. The normalized spacial score (nSPS) is 10.6. The van der Waals surface area contributed by atoms with Crippen LogP contribution in [0.4, 0.5) is 5.69 Å². The van der Waals surface area contributed by atoms with Crippen LogP contribution in [0.5, 0.6) is 0 Å². The molecule has 0 radical (unpaired) electrons. The predicted octanol–water partition coefficient (Wildman–Crippen LogP) is 3.76. The Hall–Kier alpha value is -2.20. The van der Waals surface area contributed by atoms with Crippen molar-refractivity contribution in [1.82, 2.24) is 9.97 Å². The van der Waals surface area contributed by atoms with E-state index in [2.05, 4.69) is 21.4 Å². The lowest BCUT2D eigenvalue weighted by Gasteiger charge is -2.04. The predicted molar refractivity (Wildman–Crippen MR) is 79.9 cm³/mol. The molecule has 0 saturated carbocycles.